The number of carboxylic acids is 2. The van der Waals surface area contributed by atoms with Crippen LogP contribution in [0, 0.1) is 0 Å². The van der Waals surface area contributed by atoms with Gasteiger partial charge in [0.25, 0.3) is 0 Å². The molecule has 52 heavy (non-hydrogen) atoms. The Morgan fingerprint density at radius 1 is 0.423 bits per heavy atom. The van der Waals surface area contributed by atoms with Gasteiger partial charge in [0.15, 0.2) is 0 Å². The van der Waals surface area contributed by atoms with Crippen LogP contribution in [0.2, 0.25) is 39.9 Å². The van der Waals surface area contributed by atoms with E-state index in [1.807, 2.05) is 0 Å². The van der Waals surface area contributed by atoms with E-state index in [4.69, 9.17) is 15.9 Å². The number of aliphatic carboxylic acids is 2. The molecule has 0 aromatic heterocycles. The molecule has 0 atom stereocenters. The fourth-order valence-electron chi connectivity index (χ4n) is 5.10. The third kappa shape index (κ3) is 72.4. The minimum atomic E-state index is -5.50. The van der Waals surface area contributed by atoms with Gasteiger partial charge in [-0.05, 0) is 12.2 Å². The molecule has 0 radical (unpaired) electrons. The van der Waals surface area contributed by atoms with Crippen LogP contribution in [0.5, 0.6) is 0 Å². The molecule has 0 fully saturated rings. The Morgan fingerprint density at radius 2 is 0.538 bits per heavy atom. The van der Waals surface area contributed by atoms with E-state index < -0.39 is 84.8 Å². The molecule has 12 heteroatoms. The molecule has 0 aliphatic heterocycles. The van der Waals surface area contributed by atoms with E-state index in [-0.39, 0.29) is 0 Å². The summed E-state index contributed by atoms with van der Waals surface area (Å²) in [4.78, 5) is 18.8. The number of unbranched alkanes of at least 4 members (excludes halogenated alkanes) is 9. The van der Waals surface area contributed by atoms with E-state index in [1.54, 1.807) is 39.9 Å². The summed E-state index contributed by atoms with van der Waals surface area (Å²) >= 11 is -8.02. The Balaban J connectivity index is -0.000000183. The Bertz CT molecular complexity index is 707. The second kappa shape index (κ2) is 52.1. The molecule has 0 rings (SSSR count). The van der Waals surface area contributed by atoms with Crippen LogP contribution in [0.25, 0.3) is 0 Å². The summed E-state index contributed by atoms with van der Waals surface area (Å²) in [6.45, 7) is 21.0. The maximum absolute atomic E-state index is 9.41. The number of carboxylic acid groups (broad SMARTS) is 2. The minimum absolute atomic E-state index is 0.384. The first-order valence-electron chi connectivity index (χ1n) is 21.0. The molecule has 0 aromatic carbocycles. The Morgan fingerprint density at radius 3 is 0.615 bits per heavy atom. The third-order valence-corrected chi connectivity index (χ3v) is 35.6. The Kier molecular flexibility index (Phi) is 62.5. The van der Waals surface area contributed by atoms with E-state index in [0.717, 1.165) is 0 Å². The fraction of sp³-hybridized carbons (Fsp3) is 0.900. The van der Waals surface area contributed by atoms with Crippen LogP contribution in [0.4, 0.5) is 0 Å². The van der Waals surface area contributed by atoms with Gasteiger partial charge in [-0.1, -0.05) is 0 Å². The van der Waals surface area contributed by atoms with Gasteiger partial charge in [-0.2, -0.15) is 0 Å². The van der Waals surface area contributed by atoms with Crippen LogP contribution in [-0.2, 0) is 30.8 Å². The topological polar surface area (TPSA) is 158 Å². The first-order valence-corrected chi connectivity index (χ1v) is 41.3. The Hall–Kier alpha value is 1.13. The second-order valence-electron chi connectivity index (χ2n) is 13.6. The average Bonchev–Trinajstić information content (AvgIpc) is 3.10. The zero-order chi connectivity index (χ0) is 40.9. The van der Waals surface area contributed by atoms with Crippen molar-refractivity contribution in [3.05, 3.63) is 12.2 Å². The molecule has 0 aliphatic rings. The van der Waals surface area contributed by atoms with Crippen LogP contribution in [-0.4, -0.2) is 75.4 Å². The van der Waals surface area contributed by atoms with Crippen molar-refractivity contribution >= 4 is 71.2 Å². The predicted octanol–water partition coefficient (Wildman–Crippen LogP) is 9.70. The normalized spacial score (nSPS) is 10.4. The molecule has 0 unspecified atom stereocenters. The van der Waals surface area contributed by atoms with Gasteiger partial charge in [0.2, 0.25) is 0 Å². The second-order valence-corrected chi connectivity index (χ2v) is 40.6. The molecule has 8 nitrogen and oxygen atoms in total. The van der Waals surface area contributed by atoms with Crippen molar-refractivity contribution in [2.75, 3.05) is 0 Å². The van der Waals surface area contributed by atoms with Gasteiger partial charge in [-0.25, -0.2) is 0 Å². The molecule has 0 heterocycles. The number of hydrogen-bond acceptors (Lipinski definition) is 7. The van der Waals surface area contributed by atoms with Crippen LogP contribution in [0.1, 0.15) is 178 Å². The molecule has 0 saturated carbocycles. The quantitative estimate of drug-likeness (QED) is 0.0573. The van der Waals surface area contributed by atoms with Crippen molar-refractivity contribution in [3.63, 3.8) is 0 Å². The van der Waals surface area contributed by atoms with E-state index in [1.165, 1.54) is 116 Å². The van der Waals surface area contributed by atoms with Crippen molar-refractivity contribution in [2.24, 2.45) is 0 Å². The van der Waals surface area contributed by atoms with E-state index in [9.17, 15) is 19.8 Å². The van der Waals surface area contributed by atoms with Gasteiger partial charge in [0.1, 0.15) is 0 Å². The first-order chi connectivity index (χ1) is 24.7. The summed E-state index contributed by atoms with van der Waals surface area (Å²) in [6, 6.07) is 0. The van der Waals surface area contributed by atoms with Gasteiger partial charge >= 0.3 is 307 Å². The summed E-state index contributed by atoms with van der Waals surface area (Å²) in [5, 5.41) is 18.8. The summed E-state index contributed by atoms with van der Waals surface area (Å²) in [5.74, 6) is -3.09. The zero-order valence-electron chi connectivity index (χ0n) is 35.5. The van der Waals surface area contributed by atoms with Crippen LogP contribution >= 0.6 is 0 Å². The zero-order valence-corrected chi connectivity index (χ0v) is 45.3. The Labute approximate surface area is 347 Å². The van der Waals surface area contributed by atoms with Gasteiger partial charge in [0.05, 0.1) is 11.9 Å². The molecule has 0 aliphatic carbocycles. The molecule has 1 N–H and O–H groups in total. The SMILES string of the molecule is CCC[CH2][Sn+]([CH2]CCC)[CH2]CCC.CCC[CH2][Sn+]([CH2]CCC)[CH2]CCC.CCC[CH2][Sn+]([CH2]CCC)[CH2]CCC.O=C([O-])C=CC(=O)[O-].[O]=[Cr](=[O])([O-])[OH]. The molecule has 0 spiro atoms. The predicted molar refractivity (Wildman–Crippen MR) is 217 cm³/mol. The van der Waals surface area contributed by atoms with E-state index in [2.05, 4.69) is 62.3 Å². The maximum atomic E-state index is 9.41. The molecule has 0 amide bonds. The standard InChI is InChI=1S/C4H4O4.9C4H9.Cr.H2O.3O.3Sn/c5-3(6)1-2-4(7)8;9*1-3-4-2;;;;;;;;/h1-2H,(H,5,6)(H,7,8);9*1,3-4H2,2H3;;1H2;;;;;;/q;;;;;;;;;;+1;;;;-1;3*+1/p-3. The van der Waals surface area contributed by atoms with Crippen LogP contribution < -0.4 is 14.4 Å². The van der Waals surface area contributed by atoms with E-state index >= 15 is 0 Å². The molecular weight excluding hydrogens is 1020 g/mol. The van der Waals surface area contributed by atoms with Crippen molar-refractivity contribution < 1.29 is 49.3 Å². The van der Waals surface area contributed by atoms with Crippen molar-refractivity contribution in [1.29, 1.82) is 0 Å². The third-order valence-electron chi connectivity index (χ3n) is 8.31. The van der Waals surface area contributed by atoms with Gasteiger partial charge in [-0.3, -0.25) is 0 Å². The molecule has 0 saturated heterocycles. The van der Waals surface area contributed by atoms with E-state index in [0.29, 0.717) is 12.2 Å². The average molecular weight is 1100 g/mol. The summed E-state index contributed by atoms with van der Waals surface area (Å²) in [7, 11) is 0. The summed E-state index contributed by atoms with van der Waals surface area (Å²) in [5.41, 5.74) is 0. The molecule has 310 valence electrons. The van der Waals surface area contributed by atoms with Gasteiger partial charge in [0, 0.05) is 0 Å². The number of carbonyl (C=O) groups is 2. The van der Waals surface area contributed by atoms with Crippen LogP contribution in [0.15, 0.2) is 12.2 Å². The fourth-order valence-corrected chi connectivity index (χ4v) is 33.4. The number of rotatable bonds is 29. The molecule has 0 bridgehead atoms. The van der Waals surface area contributed by atoms with Crippen LogP contribution in [0.3, 0.4) is 0 Å². The van der Waals surface area contributed by atoms with Crippen molar-refractivity contribution in [2.45, 2.75) is 218 Å². The summed E-state index contributed by atoms with van der Waals surface area (Å²) < 4.78 is 48.2. The number of hydrogen-bond donors (Lipinski definition) is 1. The first kappa shape index (κ1) is 62.3. The molecule has 0 aromatic rings. The van der Waals surface area contributed by atoms with Crippen molar-refractivity contribution in [1.82, 2.24) is 0 Å². The summed E-state index contributed by atoms with van der Waals surface area (Å²) in [6.07, 6.45) is 27.3. The monoisotopic (exact) mass is 1100 g/mol. The number of carbonyl (C=O) groups excluding carboxylic acids is 2. The molecular formula is C40H84CrO8Sn3. The van der Waals surface area contributed by atoms with Gasteiger partial charge in [-0.15, -0.1) is 0 Å². The van der Waals surface area contributed by atoms with Crippen molar-refractivity contribution in [3.8, 4) is 0 Å². The van der Waals surface area contributed by atoms with Gasteiger partial charge < -0.3 is 19.8 Å².